The number of carbonyl (C=O) groups excluding carboxylic acids is 1. The molecule has 0 radical (unpaired) electrons. The molecule has 0 aliphatic carbocycles. The van der Waals surface area contributed by atoms with Crippen molar-refractivity contribution < 1.29 is 17.9 Å². The maximum absolute atomic E-state index is 12.2. The Balaban J connectivity index is 2.12. The predicted molar refractivity (Wildman–Crippen MR) is 82.2 cm³/mol. The Morgan fingerprint density at radius 3 is 2.82 bits per heavy atom. The molecule has 0 saturated carbocycles. The number of nitrogens with two attached hydrogens (primary N) is 1. The van der Waals surface area contributed by atoms with Crippen molar-refractivity contribution in [1.82, 2.24) is 4.98 Å². The van der Waals surface area contributed by atoms with Gasteiger partial charge in [-0.25, -0.2) is 13.6 Å². The summed E-state index contributed by atoms with van der Waals surface area (Å²) in [5.41, 5.74) is 1.15. The van der Waals surface area contributed by atoms with Gasteiger partial charge in [-0.2, -0.15) is 0 Å². The van der Waals surface area contributed by atoms with Crippen LogP contribution in [0.5, 0.6) is 5.75 Å². The van der Waals surface area contributed by atoms with E-state index in [0.29, 0.717) is 17.0 Å². The van der Waals surface area contributed by atoms with E-state index >= 15 is 0 Å². The summed E-state index contributed by atoms with van der Waals surface area (Å²) in [5.74, 6) is 0.279. The zero-order valence-electron chi connectivity index (χ0n) is 11.9. The molecule has 1 aromatic heterocycles. The smallest absolute Gasteiger partial charge is 0.228 e. The van der Waals surface area contributed by atoms with Crippen LogP contribution in [0.1, 0.15) is 6.42 Å². The molecule has 1 aliphatic rings. The van der Waals surface area contributed by atoms with E-state index in [0.717, 1.165) is 5.39 Å². The van der Waals surface area contributed by atoms with Crippen molar-refractivity contribution in [2.75, 3.05) is 18.6 Å². The van der Waals surface area contributed by atoms with Gasteiger partial charge in [0.25, 0.3) is 0 Å². The average Bonchev–Trinajstić information content (AvgIpc) is 2.88. The summed E-state index contributed by atoms with van der Waals surface area (Å²) < 4.78 is 28.2. The Hall–Kier alpha value is -2.19. The number of benzene rings is 1. The molecule has 3 rings (SSSR count). The molecule has 1 saturated heterocycles. The van der Waals surface area contributed by atoms with Gasteiger partial charge < -0.3 is 9.64 Å². The number of hydrogen-bond donors (Lipinski definition) is 1. The van der Waals surface area contributed by atoms with Gasteiger partial charge in [-0.3, -0.25) is 9.78 Å². The molecular formula is C14H15N3O4S. The quantitative estimate of drug-likeness (QED) is 0.893. The highest BCUT2D eigenvalue weighted by Crippen LogP contribution is 2.33. The van der Waals surface area contributed by atoms with Gasteiger partial charge in [-0.15, -0.1) is 0 Å². The minimum atomic E-state index is -3.76. The SMILES string of the molecule is COc1cc(N2CC(S(N)(=O)=O)CC2=O)c2ncccc2c1. The molecule has 1 aliphatic heterocycles. The van der Waals surface area contributed by atoms with Crippen LogP contribution in [0.2, 0.25) is 0 Å². The third-order valence-electron chi connectivity index (χ3n) is 3.74. The van der Waals surface area contributed by atoms with Gasteiger partial charge in [0.05, 0.1) is 18.3 Å². The fourth-order valence-electron chi connectivity index (χ4n) is 2.60. The second kappa shape index (κ2) is 5.22. The van der Waals surface area contributed by atoms with E-state index in [2.05, 4.69) is 4.98 Å². The van der Waals surface area contributed by atoms with Crippen molar-refractivity contribution >= 4 is 32.5 Å². The second-order valence-electron chi connectivity index (χ2n) is 5.14. The average molecular weight is 321 g/mol. The van der Waals surface area contributed by atoms with E-state index in [1.54, 1.807) is 18.3 Å². The zero-order valence-corrected chi connectivity index (χ0v) is 12.7. The Morgan fingerprint density at radius 1 is 1.41 bits per heavy atom. The normalized spacial score (nSPS) is 18.9. The molecule has 8 heteroatoms. The number of sulfonamides is 1. The summed E-state index contributed by atoms with van der Waals surface area (Å²) in [7, 11) is -2.23. The molecule has 1 unspecified atom stereocenters. The molecule has 2 heterocycles. The summed E-state index contributed by atoms with van der Waals surface area (Å²) >= 11 is 0. The Kier molecular flexibility index (Phi) is 3.50. The van der Waals surface area contributed by atoms with Gasteiger partial charge in [0.2, 0.25) is 15.9 Å². The van der Waals surface area contributed by atoms with Crippen LogP contribution in [0.3, 0.4) is 0 Å². The van der Waals surface area contributed by atoms with Crippen molar-refractivity contribution in [2.45, 2.75) is 11.7 Å². The van der Waals surface area contributed by atoms with Crippen molar-refractivity contribution in [3.63, 3.8) is 0 Å². The molecule has 0 spiro atoms. The lowest BCUT2D eigenvalue weighted by Gasteiger charge is -2.19. The predicted octanol–water partition coefficient (Wildman–Crippen LogP) is 0.637. The Labute approximate surface area is 127 Å². The van der Waals surface area contributed by atoms with Crippen LogP contribution in [0, 0.1) is 0 Å². The molecule has 7 nitrogen and oxygen atoms in total. The Bertz CT molecular complexity index is 850. The lowest BCUT2D eigenvalue weighted by atomic mass is 10.1. The number of fused-ring (bicyclic) bond motifs is 1. The van der Waals surface area contributed by atoms with Crippen LogP contribution in [0.4, 0.5) is 5.69 Å². The standard InChI is InChI=1S/C14H15N3O4S/c1-21-10-5-9-3-2-4-16-14(9)12(6-10)17-8-11(7-13(17)18)22(15,19)20/h2-6,11H,7-8H2,1H3,(H2,15,19,20). The lowest BCUT2D eigenvalue weighted by molar-refractivity contribution is -0.117. The number of amides is 1. The number of carbonyl (C=O) groups is 1. The Morgan fingerprint density at radius 2 is 2.18 bits per heavy atom. The zero-order chi connectivity index (χ0) is 15.9. The monoisotopic (exact) mass is 321 g/mol. The molecule has 116 valence electrons. The maximum atomic E-state index is 12.2. The fourth-order valence-corrected chi connectivity index (χ4v) is 3.33. The highest BCUT2D eigenvalue weighted by atomic mass is 32.2. The van der Waals surface area contributed by atoms with Crippen LogP contribution < -0.4 is 14.8 Å². The molecule has 0 bridgehead atoms. The highest BCUT2D eigenvalue weighted by Gasteiger charge is 2.38. The van der Waals surface area contributed by atoms with Crippen molar-refractivity contribution in [3.05, 3.63) is 30.5 Å². The highest BCUT2D eigenvalue weighted by molar-refractivity contribution is 7.89. The van der Waals surface area contributed by atoms with E-state index < -0.39 is 15.3 Å². The number of anilines is 1. The van der Waals surface area contributed by atoms with Gasteiger partial charge in [0, 0.05) is 30.6 Å². The first-order chi connectivity index (χ1) is 10.4. The van der Waals surface area contributed by atoms with E-state index in [4.69, 9.17) is 9.88 Å². The number of hydrogen-bond acceptors (Lipinski definition) is 5. The van der Waals surface area contributed by atoms with Crippen LogP contribution in [0.15, 0.2) is 30.5 Å². The van der Waals surface area contributed by atoms with Crippen LogP contribution in [0.25, 0.3) is 10.9 Å². The number of rotatable bonds is 3. The number of aromatic nitrogens is 1. The topological polar surface area (TPSA) is 103 Å². The maximum Gasteiger partial charge on any atom is 0.228 e. The number of nitrogens with zero attached hydrogens (tertiary/aromatic N) is 2. The third-order valence-corrected chi connectivity index (χ3v) is 4.98. The van der Waals surface area contributed by atoms with Crippen molar-refractivity contribution in [3.8, 4) is 5.75 Å². The second-order valence-corrected chi connectivity index (χ2v) is 6.99. The first kappa shape index (κ1) is 14.7. The fraction of sp³-hybridized carbons (Fsp3) is 0.286. The van der Waals surface area contributed by atoms with Gasteiger partial charge in [0.15, 0.2) is 0 Å². The number of primary sulfonamides is 1. The number of methoxy groups -OCH3 is 1. The third kappa shape index (κ3) is 2.51. The molecule has 1 aromatic carbocycles. The van der Waals surface area contributed by atoms with E-state index in [1.807, 2.05) is 12.1 Å². The van der Waals surface area contributed by atoms with Gasteiger partial charge in [-0.1, -0.05) is 6.07 Å². The van der Waals surface area contributed by atoms with Gasteiger partial charge in [-0.05, 0) is 12.1 Å². The van der Waals surface area contributed by atoms with Gasteiger partial charge >= 0.3 is 0 Å². The number of ether oxygens (including phenoxy) is 1. The van der Waals surface area contributed by atoms with Crippen LogP contribution >= 0.6 is 0 Å². The molecule has 1 fully saturated rings. The minimum Gasteiger partial charge on any atom is -0.497 e. The summed E-state index contributed by atoms with van der Waals surface area (Å²) in [5, 5.41) is 5.08. The summed E-state index contributed by atoms with van der Waals surface area (Å²) in [6.45, 7) is 0.0243. The van der Waals surface area contributed by atoms with Gasteiger partial charge in [0.1, 0.15) is 11.0 Å². The molecule has 22 heavy (non-hydrogen) atoms. The van der Waals surface area contributed by atoms with Crippen LogP contribution in [-0.2, 0) is 14.8 Å². The molecule has 1 amide bonds. The summed E-state index contributed by atoms with van der Waals surface area (Å²) in [4.78, 5) is 17.9. The minimum absolute atomic E-state index is 0.0243. The first-order valence-corrected chi connectivity index (χ1v) is 8.26. The summed E-state index contributed by atoms with van der Waals surface area (Å²) in [6.07, 6.45) is 1.50. The largest absolute Gasteiger partial charge is 0.497 e. The molecule has 1 atom stereocenters. The van der Waals surface area contributed by atoms with Crippen molar-refractivity contribution in [1.29, 1.82) is 0 Å². The first-order valence-electron chi connectivity index (χ1n) is 6.65. The molecule has 2 N–H and O–H groups in total. The molecular weight excluding hydrogens is 306 g/mol. The number of pyridine rings is 1. The van der Waals surface area contributed by atoms with E-state index in [9.17, 15) is 13.2 Å². The van der Waals surface area contributed by atoms with Crippen molar-refractivity contribution in [2.24, 2.45) is 5.14 Å². The van der Waals surface area contributed by atoms with E-state index in [-0.39, 0.29) is 18.9 Å². The summed E-state index contributed by atoms with van der Waals surface area (Å²) in [6, 6.07) is 7.12. The van der Waals surface area contributed by atoms with Crippen LogP contribution in [-0.4, -0.2) is 38.2 Å². The van der Waals surface area contributed by atoms with E-state index in [1.165, 1.54) is 12.0 Å². The lowest BCUT2D eigenvalue weighted by Crippen LogP contribution is -2.32. The molecule has 2 aromatic rings.